The first-order valence-corrected chi connectivity index (χ1v) is 8.14. The molecule has 4 nitrogen and oxygen atoms in total. The van der Waals surface area contributed by atoms with Gasteiger partial charge in [0.15, 0.2) is 19.7 Å². The Morgan fingerprint density at radius 2 is 1.38 bits per heavy atom. The smallest absolute Gasteiger partial charge is 0.155 e. The summed E-state index contributed by atoms with van der Waals surface area (Å²) in [6.45, 7) is 0. The minimum Gasteiger partial charge on any atom is -0.348 e. The molecule has 0 radical (unpaired) electrons. The number of nitrogens with zero attached hydrogens (tertiary/aromatic N) is 2. The van der Waals surface area contributed by atoms with E-state index >= 15 is 0 Å². The molecule has 0 aromatic carbocycles. The third kappa shape index (κ3) is 1.35. The molecule has 0 spiro atoms. The van der Waals surface area contributed by atoms with E-state index in [1.165, 1.54) is 0 Å². The second-order valence-electron chi connectivity index (χ2n) is 1.99. The van der Waals surface area contributed by atoms with E-state index in [-0.39, 0.29) is 39.4 Å². The van der Waals surface area contributed by atoms with Gasteiger partial charge in [-0.3, -0.25) is 0 Å². The predicted molar refractivity (Wildman–Crippen MR) is 46.2 cm³/mol. The standard InChI is InChI=1S/H12N4Si4/c1-5-3-7-4(6-2)8-3/h1-2,5-8H2. The highest BCUT2D eigenvalue weighted by Gasteiger charge is 2.21. The summed E-state index contributed by atoms with van der Waals surface area (Å²) in [6.07, 6.45) is 0. The molecular weight excluding hydrogens is 168 g/mol. The molecule has 0 saturated carbocycles. The molecule has 1 fully saturated rings. The third-order valence-electron chi connectivity index (χ3n) is 1.32. The van der Waals surface area contributed by atoms with Crippen molar-refractivity contribution < 1.29 is 0 Å². The van der Waals surface area contributed by atoms with Gasteiger partial charge in [0.1, 0.15) is 19.7 Å². The average Bonchev–Trinajstić information content (AvgIpc) is 1.65. The van der Waals surface area contributed by atoms with Gasteiger partial charge in [-0.05, 0) is 0 Å². The fourth-order valence-electron chi connectivity index (χ4n) is 0.755. The maximum absolute atomic E-state index is 5.53. The van der Waals surface area contributed by atoms with Crippen LogP contribution in [0.1, 0.15) is 0 Å². The predicted octanol–water partition coefficient (Wildman–Crippen LogP) is -5.48. The second-order valence-corrected chi connectivity index (χ2v) is 14.0. The summed E-state index contributed by atoms with van der Waals surface area (Å²) >= 11 is 0. The Morgan fingerprint density at radius 3 is 1.62 bits per heavy atom. The van der Waals surface area contributed by atoms with E-state index in [9.17, 15) is 0 Å². The molecule has 8 heteroatoms. The lowest BCUT2D eigenvalue weighted by atomic mass is 13.6. The monoisotopic (exact) mass is 180 g/mol. The van der Waals surface area contributed by atoms with Gasteiger partial charge in [0.05, 0.1) is 0 Å². The molecule has 48 valence electrons. The first-order chi connectivity index (χ1) is 3.86. The Bertz CT molecular complexity index is 60.4. The van der Waals surface area contributed by atoms with Crippen LogP contribution in [-0.4, -0.2) is 47.2 Å². The van der Waals surface area contributed by atoms with E-state index < -0.39 is 0 Å². The molecule has 1 aliphatic heterocycles. The molecule has 0 aromatic heterocycles. The van der Waals surface area contributed by atoms with Crippen LogP contribution in [-0.2, 0) is 0 Å². The van der Waals surface area contributed by atoms with Crippen LogP contribution < -0.4 is 10.8 Å². The van der Waals surface area contributed by atoms with Crippen molar-refractivity contribution in [1.82, 2.24) is 7.79 Å². The lowest BCUT2D eigenvalue weighted by Gasteiger charge is -2.40. The molecule has 0 bridgehead atoms. The van der Waals surface area contributed by atoms with E-state index in [1.54, 1.807) is 0 Å². The molecular formula is H12N4Si4. The SMILES string of the molecule is N[SiH2]N1[SiH2]N([SiH2]N)[SiH2]1. The van der Waals surface area contributed by atoms with Crippen LogP contribution in [0.25, 0.3) is 0 Å². The zero-order valence-electron chi connectivity index (χ0n) is 4.88. The van der Waals surface area contributed by atoms with E-state index in [2.05, 4.69) is 7.79 Å². The average molecular weight is 180 g/mol. The molecule has 1 aliphatic rings. The highest BCUT2D eigenvalue weighted by Crippen LogP contribution is 1.93. The highest BCUT2D eigenvalue weighted by molar-refractivity contribution is 6.82. The first kappa shape index (κ1) is 6.82. The third-order valence-corrected chi connectivity index (χ3v) is 11.8. The van der Waals surface area contributed by atoms with E-state index in [4.69, 9.17) is 10.8 Å². The lowest BCUT2D eigenvalue weighted by molar-refractivity contribution is 0.799. The topological polar surface area (TPSA) is 58.5 Å². The number of nitrogens with two attached hydrogens (primary N) is 2. The van der Waals surface area contributed by atoms with Gasteiger partial charge in [-0.15, -0.1) is 0 Å². The zero-order valence-corrected chi connectivity index (χ0v) is 10.5. The van der Waals surface area contributed by atoms with Gasteiger partial charge in [0.25, 0.3) is 0 Å². The van der Waals surface area contributed by atoms with Gasteiger partial charge in [-0.1, -0.05) is 0 Å². The van der Waals surface area contributed by atoms with Gasteiger partial charge in [0, 0.05) is 0 Å². The van der Waals surface area contributed by atoms with E-state index in [0.717, 1.165) is 0 Å². The molecule has 1 rings (SSSR count). The molecule has 1 heterocycles. The summed E-state index contributed by atoms with van der Waals surface area (Å²) < 4.78 is 5.11. The van der Waals surface area contributed by atoms with Crippen LogP contribution in [0.3, 0.4) is 0 Å². The normalized spacial score (nSPS) is 32.2. The van der Waals surface area contributed by atoms with Crippen LogP contribution >= 0.6 is 0 Å². The summed E-state index contributed by atoms with van der Waals surface area (Å²) in [5.41, 5.74) is 0. The zero-order chi connectivity index (χ0) is 5.98. The summed E-state index contributed by atoms with van der Waals surface area (Å²) in [4.78, 5) is 0. The van der Waals surface area contributed by atoms with Gasteiger partial charge >= 0.3 is 0 Å². The van der Waals surface area contributed by atoms with Crippen molar-refractivity contribution >= 4 is 39.4 Å². The van der Waals surface area contributed by atoms with Crippen LogP contribution in [0.2, 0.25) is 0 Å². The maximum Gasteiger partial charge on any atom is 0.155 e. The van der Waals surface area contributed by atoms with Crippen LogP contribution in [0, 0.1) is 0 Å². The van der Waals surface area contributed by atoms with Crippen molar-refractivity contribution in [3.63, 3.8) is 0 Å². The van der Waals surface area contributed by atoms with Gasteiger partial charge in [0.2, 0.25) is 0 Å². The number of hydrogen-bond acceptors (Lipinski definition) is 4. The van der Waals surface area contributed by atoms with E-state index in [0.29, 0.717) is 0 Å². The Hall–Kier alpha value is 0.708. The molecule has 0 aromatic rings. The van der Waals surface area contributed by atoms with Gasteiger partial charge in [-0.25, -0.2) is 0 Å². The van der Waals surface area contributed by atoms with Crippen molar-refractivity contribution in [2.45, 2.75) is 0 Å². The van der Waals surface area contributed by atoms with Crippen molar-refractivity contribution in [3.05, 3.63) is 0 Å². The molecule has 0 amide bonds. The summed E-state index contributed by atoms with van der Waals surface area (Å²) in [5.74, 6) is 0. The van der Waals surface area contributed by atoms with Crippen LogP contribution in [0.4, 0.5) is 0 Å². The maximum atomic E-state index is 5.53. The van der Waals surface area contributed by atoms with Crippen molar-refractivity contribution in [2.75, 3.05) is 0 Å². The molecule has 0 atom stereocenters. The van der Waals surface area contributed by atoms with E-state index in [1.807, 2.05) is 0 Å². The van der Waals surface area contributed by atoms with Gasteiger partial charge in [-0.2, -0.15) is 0 Å². The number of hydrogen-bond donors (Lipinski definition) is 2. The fraction of sp³-hybridized carbons (Fsp3) is 0. The molecule has 1 saturated heterocycles. The highest BCUT2D eigenvalue weighted by atomic mass is 28.5. The van der Waals surface area contributed by atoms with Crippen LogP contribution in [0.15, 0.2) is 0 Å². The summed E-state index contributed by atoms with van der Waals surface area (Å²) in [5, 5.41) is 11.1. The summed E-state index contributed by atoms with van der Waals surface area (Å²) in [7, 11) is -0.399. The second kappa shape index (κ2) is 3.02. The molecule has 8 heavy (non-hydrogen) atoms. The Kier molecular flexibility index (Phi) is 2.58. The Morgan fingerprint density at radius 1 is 1.00 bits per heavy atom. The van der Waals surface area contributed by atoms with Crippen molar-refractivity contribution in [1.29, 1.82) is 0 Å². The number of rotatable bonds is 2. The molecule has 0 unspecified atom stereocenters. The molecule has 4 N–H and O–H groups in total. The fourth-order valence-corrected chi connectivity index (χ4v) is 14.4. The van der Waals surface area contributed by atoms with Crippen LogP contribution in [0.5, 0.6) is 0 Å². The lowest BCUT2D eigenvalue weighted by Crippen LogP contribution is -2.66. The Labute approximate surface area is 58.5 Å². The van der Waals surface area contributed by atoms with Crippen molar-refractivity contribution in [2.24, 2.45) is 10.8 Å². The summed E-state index contributed by atoms with van der Waals surface area (Å²) in [6, 6.07) is 0. The molecule has 0 aliphatic carbocycles. The minimum absolute atomic E-state index is 0.0347. The van der Waals surface area contributed by atoms with Crippen molar-refractivity contribution in [3.8, 4) is 0 Å². The minimum atomic E-state index is -0.234. The Balaban J connectivity index is 2.03. The largest absolute Gasteiger partial charge is 0.348 e. The van der Waals surface area contributed by atoms with Gasteiger partial charge < -0.3 is 18.6 Å². The quantitative estimate of drug-likeness (QED) is 0.417. The first-order valence-electron chi connectivity index (χ1n) is 2.71.